The molecular weight excluding hydrogens is 430 g/mol. The summed E-state index contributed by atoms with van der Waals surface area (Å²) in [5, 5.41) is 3.39. The second-order valence-electron chi connectivity index (χ2n) is 8.97. The van der Waals surface area contributed by atoms with Crippen LogP contribution in [0.3, 0.4) is 0 Å². The molecule has 1 aliphatic rings. The van der Waals surface area contributed by atoms with Crippen LogP contribution in [-0.4, -0.2) is 26.8 Å². The minimum atomic E-state index is 0.699. The Morgan fingerprint density at radius 2 is 1.54 bits per heavy atom. The molecule has 1 heterocycles. The Labute approximate surface area is 210 Å². The van der Waals surface area contributed by atoms with Crippen molar-refractivity contribution < 1.29 is 4.74 Å². The van der Waals surface area contributed by atoms with Gasteiger partial charge in [-0.3, -0.25) is 0 Å². The maximum Gasteiger partial charge on any atom is 0.0465 e. The number of hydrogen-bond donors (Lipinski definition) is 3. The van der Waals surface area contributed by atoms with E-state index in [-0.39, 0.29) is 0 Å². The van der Waals surface area contributed by atoms with Gasteiger partial charge >= 0.3 is 0 Å². The van der Waals surface area contributed by atoms with Crippen molar-refractivity contribution in [3.05, 3.63) is 119 Å². The van der Waals surface area contributed by atoms with Gasteiger partial charge in [0.05, 0.1) is 0 Å². The highest BCUT2D eigenvalue weighted by Gasteiger charge is 2.15. The quantitative estimate of drug-likeness (QED) is 0.286. The highest BCUT2D eigenvalue weighted by atomic mass is 16.5. The molecule has 4 rings (SSSR count). The SMILES string of the molecule is COCCCC(/C=C(\N)c1ccccc1)=C(/N)c1ccccc1.Cc1ccc(C2CCNC2)cc1. The second-order valence-corrected chi connectivity index (χ2v) is 8.97. The molecule has 0 bridgehead atoms. The lowest BCUT2D eigenvalue weighted by Gasteiger charge is -2.11. The predicted octanol–water partition coefficient (Wildman–Crippen LogP) is 5.85. The van der Waals surface area contributed by atoms with Gasteiger partial charge in [-0.05, 0) is 67.0 Å². The summed E-state index contributed by atoms with van der Waals surface area (Å²) in [6.45, 7) is 5.17. The molecule has 4 heteroatoms. The summed E-state index contributed by atoms with van der Waals surface area (Å²) in [6, 6.07) is 28.8. The molecule has 35 heavy (non-hydrogen) atoms. The van der Waals surface area contributed by atoms with Gasteiger partial charge in [0.1, 0.15) is 0 Å². The fourth-order valence-electron chi connectivity index (χ4n) is 4.17. The number of hydrogen-bond acceptors (Lipinski definition) is 4. The summed E-state index contributed by atoms with van der Waals surface area (Å²) in [4.78, 5) is 0. The summed E-state index contributed by atoms with van der Waals surface area (Å²) in [5.41, 5.74) is 20.0. The van der Waals surface area contributed by atoms with Crippen LogP contribution < -0.4 is 16.8 Å². The van der Waals surface area contributed by atoms with Gasteiger partial charge in [0.25, 0.3) is 0 Å². The van der Waals surface area contributed by atoms with E-state index in [0.717, 1.165) is 53.4 Å². The molecule has 1 fully saturated rings. The molecule has 1 atom stereocenters. The van der Waals surface area contributed by atoms with Gasteiger partial charge in [-0.1, -0.05) is 90.5 Å². The van der Waals surface area contributed by atoms with Crippen LogP contribution in [0, 0.1) is 6.92 Å². The van der Waals surface area contributed by atoms with Crippen LogP contribution in [0.15, 0.2) is 96.6 Å². The summed E-state index contributed by atoms with van der Waals surface area (Å²) >= 11 is 0. The molecule has 5 N–H and O–H groups in total. The van der Waals surface area contributed by atoms with Crippen LogP contribution in [0.4, 0.5) is 0 Å². The van der Waals surface area contributed by atoms with Crippen molar-refractivity contribution in [1.82, 2.24) is 5.32 Å². The molecule has 0 spiro atoms. The van der Waals surface area contributed by atoms with Gasteiger partial charge in [0.15, 0.2) is 0 Å². The molecule has 4 nitrogen and oxygen atoms in total. The Balaban J connectivity index is 0.000000237. The number of ether oxygens (including phenoxy) is 1. The highest BCUT2D eigenvalue weighted by Crippen LogP contribution is 2.23. The molecule has 0 radical (unpaired) electrons. The average molecular weight is 470 g/mol. The van der Waals surface area contributed by atoms with Crippen LogP contribution in [-0.2, 0) is 4.74 Å². The Bertz CT molecular complexity index is 1070. The van der Waals surface area contributed by atoms with Crippen molar-refractivity contribution in [2.45, 2.75) is 32.1 Å². The zero-order valence-corrected chi connectivity index (χ0v) is 21.0. The minimum absolute atomic E-state index is 0.699. The maximum absolute atomic E-state index is 6.39. The van der Waals surface area contributed by atoms with Crippen LogP contribution >= 0.6 is 0 Å². The van der Waals surface area contributed by atoms with E-state index in [1.54, 1.807) is 7.11 Å². The fraction of sp³-hybridized carbons (Fsp3) is 0.290. The molecule has 1 aliphatic heterocycles. The van der Waals surface area contributed by atoms with Gasteiger partial charge < -0.3 is 21.5 Å². The van der Waals surface area contributed by atoms with Crippen molar-refractivity contribution >= 4 is 11.4 Å². The first kappa shape index (κ1) is 26.3. The second kappa shape index (κ2) is 14.1. The van der Waals surface area contributed by atoms with Gasteiger partial charge in [-0.25, -0.2) is 0 Å². The zero-order chi connectivity index (χ0) is 24.9. The van der Waals surface area contributed by atoms with Crippen LogP contribution in [0.25, 0.3) is 11.4 Å². The Morgan fingerprint density at radius 3 is 2.11 bits per heavy atom. The van der Waals surface area contributed by atoms with Gasteiger partial charge in [-0.15, -0.1) is 0 Å². The zero-order valence-electron chi connectivity index (χ0n) is 21.0. The van der Waals surface area contributed by atoms with E-state index in [4.69, 9.17) is 16.2 Å². The minimum Gasteiger partial charge on any atom is -0.398 e. The molecular formula is C31H39N3O. The standard InChI is InChI=1S/C20H24N2O.C11H15N/c1-23-14-8-13-18(20(22)17-11-6-3-7-12-17)15-19(21)16-9-4-2-5-10-16;1-9-2-4-10(5-3-9)11-6-7-12-8-11/h2-7,9-12,15H,8,13-14,21-22H2,1H3;2-5,11-12H,6-8H2,1H3/b19-15-,20-18-;. The molecule has 3 aromatic carbocycles. The molecule has 0 aromatic heterocycles. The van der Waals surface area contributed by atoms with Crippen molar-refractivity contribution in [1.29, 1.82) is 0 Å². The molecule has 1 saturated heterocycles. The number of rotatable bonds is 8. The van der Waals surface area contributed by atoms with Crippen LogP contribution in [0.5, 0.6) is 0 Å². The van der Waals surface area contributed by atoms with Crippen LogP contribution in [0.1, 0.15) is 47.4 Å². The number of nitrogens with two attached hydrogens (primary N) is 2. The molecule has 0 amide bonds. The normalized spacial score (nSPS) is 16.3. The monoisotopic (exact) mass is 469 g/mol. The molecule has 0 aliphatic carbocycles. The first-order chi connectivity index (χ1) is 17.1. The van der Waals surface area contributed by atoms with Gasteiger partial charge in [-0.2, -0.15) is 0 Å². The Hall–Kier alpha value is -3.34. The summed E-state index contributed by atoms with van der Waals surface area (Å²) < 4.78 is 5.15. The summed E-state index contributed by atoms with van der Waals surface area (Å²) in [6.07, 6.45) is 5.00. The lowest BCUT2D eigenvalue weighted by atomic mass is 9.98. The highest BCUT2D eigenvalue weighted by molar-refractivity contribution is 5.74. The average Bonchev–Trinajstić information content (AvgIpc) is 3.45. The number of benzene rings is 3. The smallest absolute Gasteiger partial charge is 0.0465 e. The van der Waals surface area contributed by atoms with E-state index < -0.39 is 0 Å². The van der Waals surface area contributed by atoms with E-state index in [1.165, 1.54) is 24.1 Å². The van der Waals surface area contributed by atoms with E-state index in [2.05, 4.69) is 36.5 Å². The molecule has 184 valence electrons. The Kier molecular flexibility index (Phi) is 10.6. The fourth-order valence-corrected chi connectivity index (χ4v) is 4.17. The largest absolute Gasteiger partial charge is 0.398 e. The molecule has 3 aromatic rings. The van der Waals surface area contributed by atoms with Crippen molar-refractivity contribution in [3.8, 4) is 0 Å². The molecule has 0 saturated carbocycles. The van der Waals surface area contributed by atoms with Crippen molar-refractivity contribution in [2.75, 3.05) is 26.8 Å². The van der Waals surface area contributed by atoms with Gasteiger partial charge in [0, 0.05) is 31.7 Å². The summed E-state index contributed by atoms with van der Waals surface area (Å²) in [7, 11) is 1.71. The van der Waals surface area contributed by atoms with Crippen molar-refractivity contribution in [3.63, 3.8) is 0 Å². The number of nitrogens with one attached hydrogen (secondary N) is 1. The van der Waals surface area contributed by atoms with Gasteiger partial charge in [0.2, 0.25) is 0 Å². The van der Waals surface area contributed by atoms with Crippen molar-refractivity contribution in [2.24, 2.45) is 11.5 Å². The third kappa shape index (κ3) is 8.43. The van der Waals surface area contributed by atoms with E-state index in [0.29, 0.717) is 6.61 Å². The van der Waals surface area contributed by atoms with Crippen LogP contribution in [0.2, 0.25) is 0 Å². The third-order valence-corrected chi connectivity index (χ3v) is 6.27. The third-order valence-electron chi connectivity index (χ3n) is 6.27. The maximum atomic E-state index is 6.39. The topological polar surface area (TPSA) is 73.3 Å². The lowest BCUT2D eigenvalue weighted by molar-refractivity contribution is 0.195. The number of methoxy groups -OCH3 is 1. The van der Waals surface area contributed by atoms with E-state index >= 15 is 0 Å². The lowest BCUT2D eigenvalue weighted by Crippen LogP contribution is -2.07. The Morgan fingerprint density at radius 1 is 0.914 bits per heavy atom. The first-order valence-electron chi connectivity index (χ1n) is 12.4. The first-order valence-corrected chi connectivity index (χ1v) is 12.4. The number of aryl methyl sites for hydroxylation is 1. The van der Waals surface area contributed by atoms with E-state index in [9.17, 15) is 0 Å². The predicted molar refractivity (Wildman–Crippen MR) is 149 cm³/mol. The number of allylic oxidation sites excluding steroid dienone is 2. The molecule has 1 unspecified atom stereocenters. The summed E-state index contributed by atoms with van der Waals surface area (Å²) in [5.74, 6) is 0.755. The van der Waals surface area contributed by atoms with E-state index in [1.807, 2.05) is 66.7 Å².